The molecule has 4 heterocycles. The largest absolute Gasteiger partial charge is 0.462 e. The number of alkyl halides is 1. The highest BCUT2D eigenvalue weighted by molar-refractivity contribution is 5.87. The molecular formula is C35H52FN7O3. The van der Waals surface area contributed by atoms with Gasteiger partial charge < -0.3 is 24.2 Å². The Morgan fingerprint density at radius 3 is 2.59 bits per heavy atom. The van der Waals surface area contributed by atoms with Gasteiger partial charge in [0.2, 0.25) is 12.3 Å². The number of amides is 1. The highest BCUT2D eigenvalue weighted by atomic mass is 19.1. The van der Waals surface area contributed by atoms with Crippen molar-refractivity contribution in [2.45, 2.75) is 98.9 Å². The fourth-order valence-corrected chi connectivity index (χ4v) is 6.20. The third kappa shape index (κ3) is 8.95. The lowest BCUT2D eigenvalue weighted by atomic mass is 10.1. The van der Waals surface area contributed by atoms with Crippen LogP contribution >= 0.6 is 0 Å². The lowest BCUT2D eigenvalue weighted by molar-refractivity contribution is -0.128. The Hall–Kier alpha value is -3.75. The van der Waals surface area contributed by atoms with Crippen molar-refractivity contribution >= 4 is 11.7 Å². The monoisotopic (exact) mass is 637 g/mol. The third-order valence-electron chi connectivity index (χ3n) is 8.49. The SMILES string of the molecule is C=CC(=O)N1CCN(c2nc(OC[C@@H]3CCCN3C)nc3c2CN(Cc2c(C)cccc2OC(C)F)C3)C[C@@H]1CC#N.CC.CC. The summed E-state index contributed by atoms with van der Waals surface area (Å²) in [6.45, 7) is 19.8. The number of ether oxygens (including phenoxy) is 2. The van der Waals surface area contributed by atoms with Crippen molar-refractivity contribution in [3.63, 3.8) is 0 Å². The van der Waals surface area contributed by atoms with E-state index in [1.54, 1.807) is 11.0 Å². The molecule has 0 spiro atoms. The molecule has 10 nitrogen and oxygen atoms in total. The lowest BCUT2D eigenvalue weighted by Gasteiger charge is -2.41. The summed E-state index contributed by atoms with van der Waals surface area (Å²) in [5, 5.41) is 9.49. The number of aryl methyl sites for hydroxylation is 1. The molecule has 2 fully saturated rings. The summed E-state index contributed by atoms with van der Waals surface area (Å²) in [5.74, 6) is 1.15. The summed E-state index contributed by atoms with van der Waals surface area (Å²) in [6, 6.07) is 8.31. The number of carbonyl (C=O) groups excluding carboxylic acids is 1. The number of rotatable bonds is 10. The van der Waals surface area contributed by atoms with E-state index in [9.17, 15) is 14.4 Å². The van der Waals surface area contributed by atoms with Crippen LogP contribution in [0.4, 0.5) is 10.2 Å². The Balaban J connectivity index is 0.00000139. The van der Waals surface area contributed by atoms with Crippen LogP contribution in [0.3, 0.4) is 0 Å². The average Bonchev–Trinajstić information content (AvgIpc) is 3.67. The van der Waals surface area contributed by atoms with Crippen LogP contribution in [0, 0.1) is 18.3 Å². The second kappa shape index (κ2) is 17.8. The number of likely N-dealkylation sites (N-methyl/N-ethyl adjacent to an activating group) is 1. The summed E-state index contributed by atoms with van der Waals surface area (Å²) in [7, 11) is 2.11. The van der Waals surface area contributed by atoms with Gasteiger partial charge in [0.25, 0.3) is 0 Å². The molecule has 1 amide bonds. The molecule has 0 N–H and O–H groups in total. The van der Waals surface area contributed by atoms with Gasteiger partial charge in [0.15, 0.2) is 0 Å². The quantitative estimate of drug-likeness (QED) is 0.307. The van der Waals surface area contributed by atoms with E-state index in [1.807, 2.05) is 46.8 Å². The number of hydrogen-bond donors (Lipinski definition) is 0. The van der Waals surface area contributed by atoms with Crippen molar-refractivity contribution in [3.05, 3.63) is 53.2 Å². The first kappa shape index (κ1) is 36.7. The van der Waals surface area contributed by atoms with Crippen LogP contribution < -0.4 is 14.4 Å². The number of hydrogen-bond acceptors (Lipinski definition) is 9. The van der Waals surface area contributed by atoms with Gasteiger partial charge in [0, 0.05) is 63.4 Å². The number of nitriles is 1. The van der Waals surface area contributed by atoms with Crippen molar-refractivity contribution in [1.82, 2.24) is 24.7 Å². The average molecular weight is 638 g/mol. The maximum atomic E-state index is 13.8. The minimum atomic E-state index is -1.41. The first-order valence-corrected chi connectivity index (χ1v) is 16.7. The molecule has 46 heavy (non-hydrogen) atoms. The van der Waals surface area contributed by atoms with Crippen LogP contribution in [0.25, 0.3) is 0 Å². The molecule has 0 bridgehead atoms. The van der Waals surface area contributed by atoms with E-state index >= 15 is 0 Å². The lowest BCUT2D eigenvalue weighted by Crippen LogP contribution is -2.55. The van der Waals surface area contributed by atoms with Crippen molar-refractivity contribution in [3.8, 4) is 17.8 Å². The number of benzene rings is 1. The smallest absolute Gasteiger partial charge is 0.318 e. The van der Waals surface area contributed by atoms with Crippen LogP contribution in [0.15, 0.2) is 30.9 Å². The molecule has 1 aromatic heterocycles. The first-order chi connectivity index (χ1) is 22.3. The van der Waals surface area contributed by atoms with Crippen molar-refractivity contribution in [2.75, 3.05) is 44.7 Å². The Morgan fingerprint density at radius 1 is 1.17 bits per heavy atom. The zero-order valence-corrected chi connectivity index (χ0v) is 28.8. The summed E-state index contributed by atoms with van der Waals surface area (Å²) in [4.78, 5) is 30.7. The van der Waals surface area contributed by atoms with Gasteiger partial charge in [-0.1, -0.05) is 46.4 Å². The maximum absolute atomic E-state index is 13.8. The number of halogens is 1. The minimum absolute atomic E-state index is 0.169. The molecule has 5 rings (SSSR count). The fourth-order valence-electron chi connectivity index (χ4n) is 6.20. The number of fused-ring (bicyclic) bond motifs is 1. The fraction of sp³-hybridized carbons (Fsp3) is 0.600. The Morgan fingerprint density at radius 2 is 1.93 bits per heavy atom. The molecule has 0 saturated carbocycles. The standard InChI is InChI=1S/C31H40FN7O3.2C2H6/c1-5-29(40)39-15-14-38(16-23(39)11-12-33)30-26-18-37(17-25-21(2)8-6-10-28(25)42-22(3)32)19-27(26)34-31(35-30)41-20-24-9-7-13-36(24)4;2*1-2/h5-6,8,10,22-24H,1,7,9,11,13-20H2,2-4H3;2*1-2H3/t22?,23-,24-;;/m0../s1. The van der Waals surface area contributed by atoms with Gasteiger partial charge in [0.1, 0.15) is 18.2 Å². The minimum Gasteiger partial charge on any atom is -0.462 e. The summed E-state index contributed by atoms with van der Waals surface area (Å²) in [6.07, 6.45) is 2.34. The third-order valence-corrected chi connectivity index (χ3v) is 8.49. The summed E-state index contributed by atoms with van der Waals surface area (Å²) < 4.78 is 25.5. The highest BCUT2D eigenvalue weighted by Gasteiger charge is 2.34. The van der Waals surface area contributed by atoms with Crippen molar-refractivity contribution < 1.29 is 18.7 Å². The van der Waals surface area contributed by atoms with E-state index in [4.69, 9.17) is 19.4 Å². The molecule has 252 valence electrons. The molecule has 0 aliphatic carbocycles. The number of anilines is 1. The maximum Gasteiger partial charge on any atom is 0.318 e. The molecule has 3 aliphatic heterocycles. The van der Waals surface area contributed by atoms with Gasteiger partial charge in [-0.15, -0.1) is 0 Å². The van der Waals surface area contributed by atoms with Crippen LogP contribution in [0.1, 0.15) is 76.3 Å². The van der Waals surface area contributed by atoms with Gasteiger partial charge in [0.05, 0.1) is 24.2 Å². The van der Waals surface area contributed by atoms with Crippen LogP contribution in [-0.2, 0) is 24.4 Å². The Kier molecular flexibility index (Phi) is 14.2. The molecular weight excluding hydrogens is 585 g/mol. The molecule has 1 unspecified atom stereocenters. The number of carbonyl (C=O) groups is 1. The normalized spacial score (nSPS) is 20.0. The van der Waals surface area contributed by atoms with Crippen molar-refractivity contribution in [2.24, 2.45) is 0 Å². The summed E-state index contributed by atoms with van der Waals surface area (Å²) >= 11 is 0. The molecule has 0 radical (unpaired) electrons. The number of likely N-dealkylation sites (tertiary alicyclic amines) is 1. The number of nitrogens with zero attached hydrogens (tertiary/aromatic N) is 7. The Bertz CT molecular complexity index is 1350. The number of piperazine rings is 1. The molecule has 2 aromatic rings. The molecule has 3 atom stereocenters. The number of aromatic nitrogens is 2. The van der Waals surface area contributed by atoms with E-state index in [-0.39, 0.29) is 18.4 Å². The van der Waals surface area contributed by atoms with E-state index in [1.165, 1.54) is 13.0 Å². The second-order valence-electron chi connectivity index (χ2n) is 11.4. The molecule has 2 saturated heterocycles. The van der Waals surface area contributed by atoms with Gasteiger partial charge >= 0.3 is 6.01 Å². The van der Waals surface area contributed by atoms with Gasteiger partial charge in [-0.3, -0.25) is 9.69 Å². The second-order valence-corrected chi connectivity index (χ2v) is 11.4. The predicted octanol–water partition coefficient (Wildman–Crippen LogP) is 5.64. The molecule has 1 aromatic carbocycles. The van der Waals surface area contributed by atoms with Gasteiger partial charge in [-0.25, -0.2) is 4.39 Å². The molecule has 3 aliphatic rings. The van der Waals surface area contributed by atoms with Gasteiger partial charge in [-0.2, -0.15) is 15.2 Å². The summed E-state index contributed by atoms with van der Waals surface area (Å²) in [5.41, 5.74) is 3.87. The van der Waals surface area contributed by atoms with Crippen LogP contribution in [0.2, 0.25) is 0 Å². The van der Waals surface area contributed by atoms with Crippen LogP contribution in [0.5, 0.6) is 11.8 Å². The predicted molar refractivity (Wildman–Crippen MR) is 179 cm³/mol. The van der Waals surface area contributed by atoms with E-state index < -0.39 is 6.36 Å². The molecule has 11 heteroatoms. The van der Waals surface area contributed by atoms with E-state index in [0.717, 1.165) is 47.6 Å². The van der Waals surface area contributed by atoms with Crippen molar-refractivity contribution in [1.29, 1.82) is 5.26 Å². The topological polar surface area (TPSA) is 98.1 Å². The first-order valence-electron chi connectivity index (χ1n) is 16.7. The Labute approximate surface area is 274 Å². The van der Waals surface area contributed by atoms with Gasteiger partial charge in [-0.05, 0) is 51.1 Å². The zero-order chi connectivity index (χ0) is 33.8. The zero-order valence-electron chi connectivity index (χ0n) is 28.8. The van der Waals surface area contributed by atoms with E-state index in [0.29, 0.717) is 63.7 Å². The highest BCUT2D eigenvalue weighted by Crippen LogP contribution is 2.35. The van der Waals surface area contributed by atoms with E-state index in [2.05, 4.69) is 34.4 Å². The van der Waals surface area contributed by atoms with Crippen LogP contribution in [-0.4, -0.2) is 88.8 Å².